The van der Waals surface area contributed by atoms with Crippen LogP contribution in [-0.2, 0) is 4.79 Å². The predicted molar refractivity (Wildman–Crippen MR) is 84.8 cm³/mol. The minimum absolute atomic E-state index is 0.0879. The van der Waals surface area contributed by atoms with Gasteiger partial charge in [-0.1, -0.05) is 20.8 Å². The number of rotatable bonds is 2. The molecule has 1 aliphatic heterocycles. The molecule has 4 nitrogen and oxygen atoms in total. The molecule has 0 bridgehead atoms. The minimum Gasteiger partial charge on any atom is -0.479 e. The Bertz CT molecular complexity index is 568. The number of carbonyl (C=O) groups is 1. The summed E-state index contributed by atoms with van der Waals surface area (Å²) in [6.45, 7) is 8.71. The fraction of sp³-hybridized carbons (Fsp3) is 0.588. The largest absolute Gasteiger partial charge is 0.479 e. The first kappa shape index (κ1) is 14.2. The van der Waals surface area contributed by atoms with Crippen molar-refractivity contribution >= 4 is 17.3 Å². The van der Waals surface area contributed by atoms with Crippen molar-refractivity contribution in [3.05, 3.63) is 18.2 Å². The number of anilines is 2. The third kappa shape index (κ3) is 2.85. The summed E-state index contributed by atoms with van der Waals surface area (Å²) < 4.78 is 5.58. The molecule has 1 saturated carbocycles. The molecular formula is C17H24N2O2. The molecule has 0 radical (unpaired) electrons. The number of ether oxygens (including phenoxy) is 1. The van der Waals surface area contributed by atoms with Crippen LogP contribution in [0.3, 0.4) is 0 Å². The maximum absolute atomic E-state index is 11.7. The zero-order valence-corrected chi connectivity index (χ0v) is 13.2. The second-order valence-electron chi connectivity index (χ2n) is 7.26. The van der Waals surface area contributed by atoms with E-state index in [9.17, 15) is 4.79 Å². The van der Waals surface area contributed by atoms with E-state index in [1.807, 2.05) is 18.2 Å². The summed E-state index contributed by atoms with van der Waals surface area (Å²) in [4.78, 5) is 11.7. The van der Waals surface area contributed by atoms with Gasteiger partial charge in [-0.15, -0.1) is 0 Å². The SMILES string of the molecule is CC1Oc2ccc(NC3CC(C)(C)CC3C)cc2NC1=O. The molecule has 4 heteroatoms. The smallest absolute Gasteiger partial charge is 0.265 e. The monoisotopic (exact) mass is 288 g/mol. The molecule has 1 heterocycles. The van der Waals surface area contributed by atoms with Gasteiger partial charge in [-0.3, -0.25) is 4.79 Å². The lowest BCUT2D eigenvalue weighted by Crippen LogP contribution is -2.34. The molecule has 2 aliphatic rings. The highest BCUT2D eigenvalue weighted by Gasteiger charge is 2.36. The van der Waals surface area contributed by atoms with Gasteiger partial charge >= 0.3 is 0 Å². The molecule has 3 unspecified atom stereocenters. The Kier molecular flexibility index (Phi) is 3.34. The summed E-state index contributed by atoms with van der Waals surface area (Å²) in [5.74, 6) is 1.31. The Balaban J connectivity index is 1.76. The van der Waals surface area contributed by atoms with Crippen molar-refractivity contribution in [1.29, 1.82) is 0 Å². The molecule has 1 aromatic rings. The van der Waals surface area contributed by atoms with Gasteiger partial charge in [0.2, 0.25) is 0 Å². The lowest BCUT2D eigenvalue weighted by atomic mass is 9.91. The van der Waals surface area contributed by atoms with Crippen LogP contribution in [0.15, 0.2) is 18.2 Å². The van der Waals surface area contributed by atoms with Crippen molar-refractivity contribution in [2.75, 3.05) is 10.6 Å². The van der Waals surface area contributed by atoms with E-state index in [1.165, 1.54) is 12.8 Å². The maximum Gasteiger partial charge on any atom is 0.265 e. The standard InChI is InChI=1S/C17H24N2O2/c1-10-8-17(3,4)9-14(10)18-12-5-6-15-13(7-12)19-16(20)11(2)21-15/h5-7,10-11,14,18H,8-9H2,1-4H3,(H,19,20). The number of nitrogens with one attached hydrogen (secondary N) is 2. The Hall–Kier alpha value is -1.71. The lowest BCUT2D eigenvalue weighted by molar-refractivity contribution is -0.122. The fourth-order valence-electron chi connectivity index (χ4n) is 3.60. The zero-order valence-electron chi connectivity index (χ0n) is 13.2. The van der Waals surface area contributed by atoms with Crippen LogP contribution in [0, 0.1) is 11.3 Å². The summed E-state index contributed by atoms with van der Waals surface area (Å²) in [5, 5.41) is 6.51. The Morgan fingerprint density at radius 3 is 2.71 bits per heavy atom. The van der Waals surface area contributed by atoms with Crippen molar-refractivity contribution in [1.82, 2.24) is 0 Å². The van der Waals surface area contributed by atoms with Gasteiger partial charge in [0.25, 0.3) is 5.91 Å². The molecule has 21 heavy (non-hydrogen) atoms. The first-order valence-corrected chi connectivity index (χ1v) is 7.72. The first-order valence-electron chi connectivity index (χ1n) is 7.72. The number of hydrogen-bond donors (Lipinski definition) is 2. The molecule has 2 N–H and O–H groups in total. The number of fused-ring (bicyclic) bond motifs is 1. The van der Waals surface area contributed by atoms with Gasteiger partial charge < -0.3 is 15.4 Å². The van der Waals surface area contributed by atoms with Crippen LogP contribution in [-0.4, -0.2) is 18.1 Å². The quantitative estimate of drug-likeness (QED) is 0.873. The zero-order chi connectivity index (χ0) is 15.2. The highest BCUT2D eigenvalue weighted by molar-refractivity contribution is 5.98. The van der Waals surface area contributed by atoms with Gasteiger partial charge in [0.15, 0.2) is 6.10 Å². The highest BCUT2D eigenvalue weighted by Crippen LogP contribution is 2.42. The summed E-state index contributed by atoms with van der Waals surface area (Å²) in [6, 6.07) is 6.41. The minimum atomic E-state index is -0.424. The van der Waals surface area contributed by atoms with E-state index in [2.05, 4.69) is 31.4 Å². The van der Waals surface area contributed by atoms with Crippen molar-refractivity contribution in [2.24, 2.45) is 11.3 Å². The van der Waals surface area contributed by atoms with E-state index in [4.69, 9.17) is 4.74 Å². The average molecular weight is 288 g/mol. The molecule has 1 aliphatic carbocycles. The van der Waals surface area contributed by atoms with Gasteiger partial charge in [0, 0.05) is 11.7 Å². The van der Waals surface area contributed by atoms with Crippen LogP contribution in [0.25, 0.3) is 0 Å². The van der Waals surface area contributed by atoms with Crippen LogP contribution in [0.2, 0.25) is 0 Å². The molecule has 3 atom stereocenters. The average Bonchev–Trinajstić information content (AvgIpc) is 2.64. The van der Waals surface area contributed by atoms with Crippen molar-refractivity contribution < 1.29 is 9.53 Å². The van der Waals surface area contributed by atoms with E-state index in [1.54, 1.807) is 6.92 Å². The molecule has 1 aromatic carbocycles. The molecule has 1 amide bonds. The Morgan fingerprint density at radius 2 is 2.05 bits per heavy atom. The maximum atomic E-state index is 11.7. The summed E-state index contributed by atoms with van der Waals surface area (Å²) in [7, 11) is 0. The lowest BCUT2D eigenvalue weighted by Gasteiger charge is -2.25. The van der Waals surface area contributed by atoms with Crippen LogP contribution in [0.1, 0.15) is 40.5 Å². The molecule has 0 aromatic heterocycles. The number of benzene rings is 1. The van der Waals surface area contributed by atoms with Gasteiger partial charge in [0.05, 0.1) is 5.69 Å². The third-order valence-corrected chi connectivity index (χ3v) is 4.60. The highest BCUT2D eigenvalue weighted by atomic mass is 16.5. The van der Waals surface area contributed by atoms with Crippen molar-refractivity contribution in [3.63, 3.8) is 0 Å². The van der Waals surface area contributed by atoms with E-state index in [0.29, 0.717) is 17.4 Å². The molecule has 0 spiro atoms. The van der Waals surface area contributed by atoms with Gasteiger partial charge in [0.1, 0.15) is 5.75 Å². The van der Waals surface area contributed by atoms with E-state index in [0.717, 1.165) is 17.1 Å². The van der Waals surface area contributed by atoms with E-state index in [-0.39, 0.29) is 5.91 Å². The number of hydrogen-bond acceptors (Lipinski definition) is 3. The molecule has 0 saturated heterocycles. The third-order valence-electron chi connectivity index (χ3n) is 4.60. The normalized spacial score (nSPS) is 30.3. The second-order valence-corrected chi connectivity index (χ2v) is 7.26. The van der Waals surface area contributed by atoms with Crippen molar-refractivity contribution in [2.45, 2.75) is 52.7 Å². The van der Waals surface area contributed by atoms with Crippen LogP contribution < -0.4 is 15.4 Å². The molecule has 114 valence electrons. The van der Waals surface area contributed by atoms with Crippen LogP contribution in [0.5, 0.6) is 5.75 Å². The van der Waals surface area contributed by atoms with Gasteiger partial charge in [-0.2, -0.15) is 0 Å². The molecular weight excluding hydrogens is 264 g/mol. The summed E-state index contributed by atoms with van der Waals surface area (Å²) >= 11 is 0. The topological polar surface area (TPSA) is 50.4 Å². The van der Waals surface area contributed by atoms with Gasteiger partial charge in [-0.25, -0.2) is 0 Å². The summed E-state index contributed by atoms with van der Waals surface area (Å²) in [5.41, 5.74) is 2.20. The fourth-order valence-corrected chi connectivity index (χ4v) is 3.60. The van der Waals surface area contributed by atoms with E-state index < -0.39 is 6.10 Å². The molecule has 3 rings (SSSR count). The van der Waals surface area contributed by atoms with E-state index >= 15 is 0 Å². The van der Waals surface area contributed by atoms with Gasteiger partial charge in [-0.05, 0) is 49.3 Å². The van der Waals surface area contributed by atoms with Crippen LogP contribution >= 0.6 is 0 Å². The Morgan fingerprint density at radius 1 is 1.29 bits per heavy atom. The second kappa shape index (κ2) is 4.93. The number of amides is 1. The summed E-state index contributed by atoms with van der Waals surface area (Å²) in [6.07, 6.45) is 1.99. The Labute approximate surface area is 126 Å². The number of carbonyl (C=O) groups excluding carboxylic acids is 1. The first-order chi connectivity index (χ1) is 9.84. The van der Waals surface area contributed by atoms with Crippen LogP contribution in [0.4, 0.5) is 11.4 Å². The molecule has 1 fully saturated rings. The van der Waals surface area contributed by atoms with Crippen molar-refractivity contribution in [3.8, 4) is 5.75 Å². The predicted octanol–water partition coefficient (Wildman–Crippen LogP) is 3.64.